The zero-order chi connectivity index (χ0) is 49.5. The molecule has 0 spiro atoms. The highest BCUT2D eigenvalue weighted by atomic mass is 16.6. The highest BCUT2D eigenvalue weighted by Crippen LogP contribution is 2.76. The van der Waals surface area contributed by atoms with E-state index in [-0.39, 0.29) is 96.5 Å². The predicted molar refractivity (Wildman–Crippen MR) is 256 cm³/mol. The third-order valence-electron chi connectivity index (χ3n) is 19.2. The van der Waals surface area contributed by atoms with E-state index in [0.29, 0.717) is 62.3 Å². The summed E-state index contributed by atoms with van der Waals surface area (Å²) in [6.07, 6.45) is 11.3. The lowest BCUT2D eigenvalue weighted by molar-refractivity contribution is -0.207. The fraction of sp³-hybridized carbons (Fsp3) is 0.741. The Balaban J connectivity index is 0.715. The Bertz CT molecular complexity index is 2190. The largest absolute Gasteiger partial charge is 0.462 e. The average Bonchev–Trinajstić information content (AvgIpc) is 3.56. The molecular weight excluding hydrogens is 883 g/mol. The van der Waals surface area contributed by atoms with E-state index in [4.69, 9.17) is 23.7 Å². The topological polar surface area (TPSA) is 196 Å². The third kappa shape index (κ3) is 9.09. The number of imide groups is 2. The second kappa shape index (κ2) is 20.1. The lowest BCUT2D eigenvalue weighted by Gasteiger charge is -2.71. The number of fused-ring (bicyclic) bond motifs is 8. The van der Waals surface area contributed by atoms with Crippen LogP contribution in [0.25, 0.3) is 0 Å². The summed E-state index contributed by atoms with van der Waals surface area (Å²) >= 11 is 0. The number of aliphatic hydroxyl groups is 1. The van der Waals surface area contributed by atoms with E-state index in [1.165, 1.54) is 5.57 Å². The van der Waals surface area contributed by atoms with Crippen molar-refractivity contribution in [1.29, 1.82) is 0 Å². The number of nitrogens with zero attached hydrogens (tertiary/aromatic N) is 1. The molecule has 380 valence electrons. The van der Waals surface area contributed by atoms with Gasteiger partial charge in [0, 0.05) is 18.7 Å². The molecule has 7 aliphatic rings. The minimum Gasteiger partial charge on any atom is -0.462 e. The maximum absolute atomic E-state index is 14.4. The maximum Gasteiger partial charge on any atom is 0.312 e. The first-order chi connectivity index (χ1) is 32.8. The maximum atomic E-state index is 14.4. The number of ether oxygens (including phenoxy) is 5. The summed E-state index contributed by atoms with van der Waals surface area (Å²) < 4.78 is 28.3. The Labute approximate surface area is 407 Å². The van der Waals surface area contributed by atoms with Gasteiger partial charge in [-0.25, -0.2) is 0 Å². The molecule has 69 heavy (non-hydrogen) atoms. The number of hydrogen-bond donors (Lipinski definition) is 3. The summed E-state index contributed by atoms with van der Waals surface area (Å²) in [4.78, 5) is 78.2. The Morgan fingerprint density at radius 1 is 0.783 bits per heavy atom. The summed E-state index contributed by atoms with van der Waals surface area (Å²) in [6, 6.07) is 3.86. The van der Waals surface area contributed by atoms with Crippen molar-refractivity contribution in [3.05, 3.63) is 41.0 Å². The molecule has 11 atom stereocenters. The number of carbonyl (C=O) groups excluding carboxylic acids is 6. The standard InChI is InChI=1S/C54H77N3O12/c1-33-15-21-54(23-22-52(6)36(45(54)34(33)2)11-13-40-51(5)19-17-41(58)50(3,4)39(51)16-20-53(40,52)7)49(64)69-32-31-68-43(60)18-25-65-27-29-67-30-28-66-26-24-55-37-10-8-9-35-44(37)48(63)57(47(35)62)38-12-14-42(59)56-46(38)61/h8-11,33-34,38-41,45,55,58H,12-32H2,1-7H3,(H,56,59,61)/t33-,34+,38?,39?,40-,41+,45+,51+,52-,53-,54+/m1/s1. The van der Waals surface area contributed by atoms with Crippen LogP contribution in [0.5, 0.6) is 0 Å². The lowest BCUT2D eigenvalue weighted by atomic mass is 9.33. The van der Waals surface area contributed by atoms with E-state index in [1.807, 2.05) is 0 Å². The van der Waals surface area contributed by atoms with Gasteiger partial charge in [-0.3, -0.25) is 39.0 Å². The molecular formula is C54H77N3O12. The normalized spacial score (nSPS) is 35.7. The molecule has 1 aromatic carbocycles. The number of rotatable bonds is 18. The zero-order valence-electron chi connectivity index (χ0n) is 42.1. The fourth-order valence-corrected chi connectivity index (χ4v) is 15.0. The molecule has 5 fully saturated rings. The summed E-state index contributed by atoms with van der Waals surface area (Å²) in [7, 11) is 0. The Morgan fingerprint density at radius 3 is 2.23 bits per heavy atom. The van der Waals surface area contributed by atoms with Crippen LogP contribution in [0.15, 0.2) is 29.8 Å². The zero-order valence-corrected chi connectivity index (χ0v) is 42.1. The van der Waals surface area contributed by atoms with Crippen molar-refractivity contribution >= 4 is 41.3 Å². The number of piperidine rings is 1. The highest BCUT2D eigenvalue weighted by Gasteiger charge is 2.69. The minimum atomic E-state index is -1.03. The van der Waals surface area contributed by atoms with E-state index in [0.717, 1.165) is 62.7 Å². The Hall–Kier alpha value is -4.18. The molecule has 2 unspecified atom stereocenters. The molecule has 1 saturated heterocycles. The van der Waals surface area contributed by atoms with Crippen molar-refractivity contribution < 1.29 is 57.6 Å². The summed E-state index contributed by atoms with van der Waals surface area (Å²) in [5.41, 5.74) is 1.91. The SMILES string of the molecule is C[C@H]1[C@H](C)CC[C@]2(C(=O)OCCOC(=O)CCOCCOCCOCCNc3cccc4c3C(=O)N(C3CCC(=O)NC3=O)C4=O)CC[C@]3(C)C(=CC[C@@H]4[C@@]5(C)CC[C@H](O)C(C)(C)C5CC[C@]43C)[C@H]12. The van der Waals surface area contributed by atoms with Gasteiger partial charge in [-0.2, -0.15) is 0 Å². The van der Waals surface area contributed by atoms with Crippen molar-refractivity contribution in [2.75, 3.05) is 64.7 Å². The van der Waals surface area contributed by atoms with Gasteiger partial charge in [-0.15, -0.1) is 0 Å². The van der Waals surface area contributed by atoms with Gasteiger partial charge in [0.15, 0.2) is 0 Å². The number of hydrogen-bond acceptors (Lipinski definition) is 13. The van der Waals surface area contributed by atoms with Crippen LogP contribution in [-0.2, 0) is 42.9 Å². The van der Waals surface area contributed by atoms with E-state index >= 15 is 0 Å². The predicted octanol–water partition coefficient (Wildman–Crippen LogP) is 7.04. The van der Waals surface area contributed by atoms with Gasteiger partial charge in [0.25, 0.3) is 11.8 Å². The van der Waals surface area contributed by atoms with Crippen molar-refractivity contribution in [2.45, 2.75) is 138 Å². The molecule has 5 aliphatic carbocycles. The average molecular weight is 960 g/mol. The van der Waals surface area contributed by atoms with Gasteiger partial charge in [0.2, 0.25) is 11.8 Å². The molecule has 15 heteroatoms. The van der Waals surface area contributed by atoms with Gasteiger partial charge in [0.05, 0.1) is 68.7 Å². The molecule has 0 bridgehead atoms. The second-order valence-corrected chi connectivity index (χ2v) is 22.7. The van der Waals surface area contributed by atoms with Gasteiger partial charge in [-0.1, -0.05) is 66.2 Å². The minimum absolute atomic E-state index is 0.00459. The lowest BCUT2D eigenvalue weighted by Crippen LogP contribution is -2.65. The van der Waals surface area contributed by atoms with E-state index in [2.05, 4.69) is 65.2 Å². The number of esters is 2. The van der Waals surface area contributed by atoms with E-state index in [1.54, 1.807) is 18.2 Å². The van der Waals surface area contributed by atoms with Crippen LogP contribution in [-0.4, -0.2) is 117 Å². The third-order valence-corrected chi connectivity index (χ3v) is 19.2. The van der Waals surface area contributed by atoms with Crippen molar-refractivity contribution in [3.8, 4) is 0 Å². The van der Waals surface area contributed by atoms with Gasteiger partial charge >= 0.3 is 11.9 Å². The molecule has 15 nitrogen and oxygen atoms in total. The van der Waals surface area contributed by atoms with Crippen LogP contribution in [0.2, 0.25) is 0 Å². The number of allylic oxidation sites excluding steroid dienone is 2. The first kappa shape index (κ1) is 51.2. The van der Waals surface area contributed by atoms with Crippen LogP contribution in [0.1, 0.15) is 146 Å². The van der Waals surface area contributed by atoms with Crippen molar-refractivity contribution in [2.24, 2.45) is 56.7 Å². The smallest absolute Gasteiger partial charge is 0.312 e. The number of aliphatic hydroxyl groups excluding tert-OH is 1. The molecule has 0 radical (unpaired) electrons. The van der Waals surface area contributed by atoms with Crippen LogP contribution < -0.4 is 10.6 Å². The van der Waals surface area contributed by atoms with Gasteiger partial charge in [0.1, 0.15) is 19.3 Å². The number of anilines is 1. The van der Waals surface area contributed by atoms with E-state index in [9.17, 15) is 33.9 Å². The van der Waals surface area contributed by atoms with Crippen LogP contribution >= 0.6 is 0 Å². The number of benzene rings is 1. The molecule has 8 rings (SSSR count). The van der Waals surface area contributed by atoms with Gasteiger partial charge in [-0.05, 0) is 128 Å². The molecule has 2 aliphatic heterocycles. The van der Waals surface area contributed by atoms with Crippen molar-refractivity contribution in [3.63, 3.8) is 0 Å². The summed E-state index contributed by atoms with van der Waals surface area (Å²) in [5, 5.41) is 16.5. The quantitative estimate of drug-likeness (QED) is 0.0587. The first-order valence-corrected chi connectivity index (χ1v) is 25.8. The summed E-state index contributed by atoms with van der Waals surface area (Å²) in [5.74, 6) is -0.806. The molecule has 1 aromatic rings. The highest BCUT2D eigenvalue weighted by molar-refractivity contribution is 6.25. The Morgan fingerprint density at radius 2 is 1.49 bits per heavy atom. The van der Waals surface area contributed by atoms with Crippen LogP contribution in [0, 0.1) is 56.7 Å². The molecule has 3 N–H and O–H groups in total. The van der Waals surface area contributed by atoms with Crippen LogP contribution in [0.4, 0.5) is 5.69 Å². The number of nitrogens with one attached hydrogen (secondary N) is 2. The molecule has 2 heterocycles. The number of amides is 4. The van der Waals surface area contributed by atoms with Crippen LogP contribution in [0.3, 0.4) is 0 Å². The van der Waals surface area contributed by atoms with Gasteiger partial charge < -0.3 is 34.1 Å². The monoisotopic (exact) mass is 960 g/mol. The molecule has 4 amide bonds. The van der Waals surface area contributed by atoms with E-state index < -0.39 is 41.1 Å². The molecule has 4 saturated carbocycles. The van der Waals surface area contributed by atoms with Crippen molar-refractivity contribution in [1.82, 2.24) is 10.2 Å². The summed E-state index contributed by atoms with van der Waals surface area (Å²) in [6.45, 7) is 19.0. The number of carbonyl (C=O) groups is 6. The fourth-order valence-electron chi connectivity index (χ4n) is 15.0. The Kier molecular flexibility index (Phi) is 14.9. The molecule has 0 aromatic heterocycles. The first-order valence-electron chi connectivity index (χ1n) is 25.8. The second-order valence-electron chi connectivity index (χ2n) is 22.7.